The number of aryl methyl sites for hydroxylation is 1. The van der Waals surface area contributed by atoms with Crippen molar-refractivity contribution in [2.75, 3.05) is 13.7 Å². The number of aromatic nitrogens is 1. The molecule has 0 bridgehead atoms. The summed E-state index contributed by atoms with van der Waals surface area (Å²) in [6.07, 6.45) is 5.72. The van der Waals surface area contributed by atoms with Gasteiger partial charge in [-0.1, -0.05) is 12.8 Å². The van der Waals surface area contributed by atoms with Crippen molar-refractivity contribution < 1.29 is 14.3 Å². The van der Waals surface area contributed by atoms with E-state index in [0.717, 1.165) is 30.7 Å². The molecule has 1 fully saturated rings. The Morgan fingerprint density at radius 2 is 2.16 bits per heavy atom. The molecule has 1 aromatic heterocycles. The Balaban J connectivity index is 2.15. The van der Waals surface area contributed by atoms with E-state index in [9.17, 15) is 9.59 Å². The van der Waals surface area contributed by atoms with Crippen LogP contribution in [0.5, 0.6) is 0 Å². The third-order valence-corrected chi connectivity index (χ3v) is 4.29. The zero-order valence-electron chi connectivity index (χ0n) is 11.2. The Bertz CT molecular complexity index is 466. The maximum atomic E-state index is 12.5. The quantitative estimate of drug-likeness (QED) is 0.793. The first-order chi connectivity index (χ1) is 9.11. The molecule has 0 unspecified atom stereocenters. The van der Waals surface area contributed by atoms with Crippen LogP contribution in [0.1, 0.15) is 40.4 Å². The van der Waals surface area contributed by atoms with Crippen LogP contribution in [-0.2, 0) is 9.53 Å². The Morgan fingerprint density at radius 3 is 2.68 bits per heavy atom. The average Bonchev–Trinajstić information content (AvgIpc) is 3.05. The van der Waals surface area contributed by atoms with Gasteiger partial charge in [-0.3, -0.25) is 9.59 Å². The SMILES string of the molecule is COC(=O)CN(C(=O)c1cnc(C)s1)C1CCCC1. The topological polar surface area (TPSA) is 59.5 Å². The molecule has 19 heavy (non-hydrogen) atoms. The standard InChI is InChI=1S/C13H18N2O3S/c1-9-14-7-11(19-9)13(17)15(8-12(16)18-2)10-5-3-4-6-10/h7,10H,3-6,8H2,1-2H3. The number of rotatable bonds is 4. The van der Waals surface area contributed by atoms with E-state index in [2.05, 4.69) is 9.72 Å². The van der Waals surface area contributed by atoms with E-state index < -0.39 is 0 Å². The van der Waals surface area contributed by atoms with E-state index in [1.54, 1.807) is 11.1 Å². The maximum Gasteiger partial charge on any atom is 0.325 e. The van der Waals surface area contributed by atoms with E-state index in [0.29, 0.717) is 4.88 Å². The smallest absolute Gasteiger partial charge is 0.325 e. The number of methoxy groups -OCH3 is 1. The normalized spacial score (nSPS) is 15.5. The van der Waals surface area contributed by atoms with Gasteiger partial charge in [0, 0.05) is 6.04 Å². The van der Waals surface area contributed by atoms with Gasteiger partial charge in [-0.2, -0.15) is 0 Å². The van der Waals surface area contributed by atoms with Crippen LogP contribution in [0.2, 0.25) is 0 Å². The van der Waals surface area contributed by atoms with E-state index in [1.165, 1.54) is 18.4 Å². The van der Waals surface area contributed by atoms with Crippen LogP contribution in [-0.4, -0.2) is 41.5 Å². The molecule has 0 aliphatic heterocycles. The van der Waals surface area contributed by atoms with E-state index >= 15 is 0 Å². The summed E-state index contributed by atoms with van der Waals surface area (Å²) in [5.41, 5.74) is 0. The number of amides is 1. The molecule has 6 heteroatoms. The highest BCUT2D eigenvalue weighted by Crippen LogP contribution is 2.26. The van der Waals surface area contributed by atoms with Gasteiger partial charge < -0.3 is 9.64 Å². The van der Waals surface area contributed by atoms with Crippen LogP contribution in [0.15, 0.2) is 6.20 Å². The molecule has 0 saturated heterocycles. The second kappa shape index (κ2) is 6.14. The molecule has 0 aromatic carbocycles. The molecular formula is C13H18N2O3S. The number of carbonyl (C=O) groups is 2. The number of esters is 1. The van der Waals surface area contributed by atoms with Crippen molar-refractivity contribution in [1.29, 1.82) is 0 Å². The Labute approximate surface area is 116 Å². The second-order valence-corrected chi connectivity index (χ2v) is 5.93. The summed E-state index contributed by atoms with van der Waals surface area (Å²) in [5, 5.41) is 0.854. The lowest BCUT2D eigenvalue weighted by Crippen LogP contribution is -2.42. The summed E-state index contributed by atoms with van der Waals surface area (Å²) in [6, 6.07) is 0.147. The van der Waals surface area contributed by atoms with Gasteiger partial charge in [-0.25, -0.2) is 4.98 Å². The summed E-state index contributed by atoms with van der Waals surface area (Å²) in [4.78, 5) is 30.3. The van der Waals surface area contributed by atoms with E-state index in [-0.39, 0.29) is 24.5 Å². The summed E-state index contributed by atoms with van der Waals surface area (Å²) < 4.78 is 4.69. The Kier molecular flexibility index (Phi) is 4.52. The van der Waals surface area contributed by atoms with E-state index in [4.69, 9.17) is 0 Å². The fourth-order valence-corrected chi connectivity index (χ4v) is 3.12. The molecular weight excluding hydrogens is 264 g/mol. The van der Waals surface area contributed by atoms with Gasteiger partial charge in [0.15, 0.2) is 0 Å². The molecule has 1 aromatic rings. The second-order valence-electron chi connectivity index (χ2n) is 4.69. The highest BCUT2D eigenvalue weighted by atomic mass is 32.1. The molecule has 1 aliphatic rings. The molecule has 5 nitrogen and oxygen atoms in total. The molecule has 2 rings (SSSR count). The highest BCUT2D eigenvalue weighted by Gasteiger charge is 2.30. The number of thiazole rings is 1. The number of hydrogen-bond donors (Lipinski definition) is 0. The molecule has 1 amide bonds. The van der Waals surface area contributed by atoms with Crippen LogP contribution in [0.4, 0.5) is 0 Å². The number of hydrogen-bond acceptors (Lipinski definition) is 5. The van der Waals surface area contributed by atoms with Gasteiger partial charge in [0.25, 0.3) is 5.91 Å². The van der Waals surface area contributed by atoms with Crippen LogP contribution >= 0.6 is 11.3 Å². The molecule has 104 valence electrons. The maximum absolute atomic E-state index is 12.5. The summed E-state index contributed by atoms with van der Waals surface area (Å²) in [7, 11) is 1.34. The van der Waals surface area contributed by atoms with Crippen molar-refractivity contribution in [2.24, 2.45) is 0 Å². The molecule has 1 aliphatic carbocycles. The van der Waals surface area contributed by atoms with Crippen molar-refractivity contribution >= 4 is 23.2 Å². The van der Waals surface area contributed by atoms with Gasteiger partial charge in [0.1, 0.15) is 11.4 Å². The van der Waals surface area contributed by atoms with Crippen molar-refractivity contribution in [3.63, 3.8) is 0 Å². The minimum Gasteiger partial charge on any atom is -0.468 e. The molecule has 0 N–H and O–H groups in total. The van der Waals surface area contributed by atoms with Crippen molar-refractivity contribution in [1.82, 2.24) is 9.88 Å². The van der Waals surface area contributed by atoms with Gasteiger partial charge >= 0.3 is 5.97 Å². The van der Waals surface area contributed by atoms with Crippen molar-refractivity contribution in [3.05, 3.63) is 16.1 Å². The third kappa shape index (κ3) is 3.32. The van der Waals surface area contributed by atoms with E-state index in [1.807, 2.05) is 6.92 Å². The largest absolute Gasteiger partial charge is 0.468 e. The number of nitrogens with zero attached hydrogens (tertiary/aromatic N) is 2. The van der Waals surface area contributed by atoms with Gasteiger partial charge in [-0.15, -0.1) is 11.3 Å². The first-order valence-electron chi connectivity index (χ1n) is 6.42. The Morgan fingerprint density at radius 1 is 1.47 bits per heavy atom. The Hall–Kier alpha value is -1.43. The molecule has 0 atom stereocenters. The van der Waals surface area contributed by atoms with Crippen molar-refractivity contribution in [2.45, 2.75) is 38.6 Å². The summed E-state index contributed by atoms with van der Waals surface area (Å²) in [5.74, 6) is -0.482. The fourth-order valence-electron chi connectivity index (χ4n) is 2.39. The monoisotopic (exact) mass is 282 g/mol. The third-order valence-electron chi connectivity index (χ3n) is 3.39. The van der Waals surface area contributed by atoms with Crippen LogP contribution in [0.25, 0.3) is 0 Å². The first-order valence-corrected chi connectivity index (χ1v) is 7.23. The lowest BCUT2D eigenvalue weighted by atomic mass is 10.2. The van der Waals surface area contributed by atoms with Crippen LogP contribution in [0, 0.1) is 6.92 Å². The number of ether oxygens (including phenoxy) is 1. The first kappa shape index (κ1) is 14.0. The molecule has 0 radical (unpaired) electrons. The zero-order chi connectivity index (χ0) is 13.8. The lowest BCUT2D eigenvalue weighted by molar-refractivity contribution is -0.141. The van der Waals surface area contributed by atoms with Gasteiger partial charge in [0.2, 0.25) is 0 Å². The zero-order valence-corrected chi connectivity index (χ0v) is 12.0. The molecule has 1 saturated carbocycles. The predicted molar refractivity (Wildman–Crippen MR) is 72.2 cm³/mol. The molecule has 1 heterocycles. The minimum atomic E-state index is -0.374. The fraction of sp³-hybridized carbons (Fsp3) is 0.615. The highest BCUT2D eigenvalue weighted by molar-refractivity contribution is 7.13. The minimum absolute atomic E-state index is 0.0247. The lowest BCUT2D eigenvalue weighted by Gasteiger charge is -2.27. The van der Waals surface area contributed by atoms with Gasteiger partial charge in [0.05, 0.1) is 18.3 Å². The van der Waals surface area contributed by atoms with Crippen LogP contribution < -0.4 is 0 Å². The van der Waals surface area contributed by atoms with Crippen molar-refractivity contribution in [3.8, 4) is 0 Å². The van der Waals surface area contributed by atoms with Crippen LogP contribution in [0.3, 0.4) is 0 Å². The molecule has 0 spiro atoms. The van der Waals surface area contributed by atoms with Gasteiger partial charge in [-0.05, 0) is 19.8 Å². The predicted octanol–water partition coefficient (Wildman–Crippen LogP) is 2.01. The number of carbonyl (C=O) groups excluding carboxylic acids is 2. The summed E-state index contributed by atoms with van der Waals surface area (Å²) in [6.45, 7) is 1.89. The summed E-state index contributed by atoms with van der Waals surface area (Å²) >= 11 is 1.36. The average molecular weight is 282 g/mol.